The zero-order chi connectivity index (χ0) is 17.2. The minimum absolute atomic E-state index is 0.160. The summed E-state index contributed by atoms with van der Waals surface area (Å²) in [5.41, 5.74) is 0.752. The van der Waals surface area contributed by atoms with Crippen molar-refractivity contribution >= 4 is 5.96 Å². The van der Waals surface area contributed by atoms with Gasteiger partial charge in [-0.15, -0.1) is 0 Å². The third-order valence-corrected chi connectivity index (χ3v) is 4.22. The first-order valence-corrected chi connectivity index (χ1v) is 8.84. The van der Waals surface area contributed by atoms with Gasteiger partial charge in [-0.1, -0.05) is 18.6 Å². The van der Waals surface area contributed by atoms with Crippen molar-refractivity contribution in [1.29, 1.82) is 0 Å². The van der Waals surface area contributed by atoms with Crippen LogP contribution in [-0.4, -0.2) is 55.8 Å². The Bertz CT molecular complexity index is 528. The normalized spacial score (nSPS) is 16.0. The molecule has 0 bridgehead atoms. The topological polar surface area (TPSA) is 69.1 Å². The summed E-state index contributed by atoms with van der Waals surface area (Å²) in [4.78, 5) is 7.06. The number of benzene rings is 1. The summed E-state index contributed by atoms with van der Waals surface area (Å²) in [6.45, 7) is 7.57. The average Bonchev–Trinajstić information content (AvgIpc) is 2.61. The first-order chi connectivity index (χ1) is 11.7. The van der Waals surface area contributed by atoms with Gasteiger partial charge in [-0.2, -0.15) is 0 Å². The minimum atomic E-state index is 0.160. The first-order valence-electron chi connectivity index (χ1n) is 8.84. The number of para-hydroxylation sites is 1. The molecule has 0 spiro atoms. The second-order valence-electron chi connectivity index (χ2n) is 5.99. The molecule has 0 amide bonds. The molecule has 1 heterocycles. The van der Waals surface area contributed by atoms with Crippen LogP contribution in [0.3, 0.4) is 0 Å². The Kier molecular flexibility index (Phi) is 7.68. The number of likely N-dealkylation sites (tertiary alicyclic amines) is 1. The molecule has 1 fully saturated rings. The van der Waals surface area contributed by atoms with Crippen molar-refractivity contribution < 1.29 is 9.84 Å². The number of hydrogen-bond donors (Lipinski definition) is 3. The standard InChI is InChI=1S/C18H30N4O2/c1-3-19-18(20-10-13-22-11-5-4-6-12-22)21-14-15-8-7-9-16(24-2)17(15)23/h7-9,23H,3-6,10-14H2,1-2H3,(H2,19,20,21). The molecule has 6 heteroatoms. The Morgan fingerprint density at radius 3 is 2.75 bits per heavy atom. The smallest absolute Gasteiger partial charge is 0.191 e. The van der Waals surface area contributed by atoms with Crippen LogP contribution in [0, 0.1) is 0 Å². The number of ether oxygens (including phenoxy) is 1. The predicted molar refractivity (Wildman–Crippen MR) is 97.8 cm³/mol. The van der Waals surface area contributed by atoms with Gasteiger partial charge >= 0.3 is 0 Å². The van der Waals surface area contributed by atoms with Gasteiger partial charge in [0.2, 0.25) is 0 Å². The van der Waals surface area contributed by atoms with Gasteiger partial charge in [0, 0.05) is 25.2 Å². The minimum Gasteiger partial charge on any atom is -0.504 e. The number of hydrogen-bond acceptors (Lipinski definition) is 4. The molecule has 0 saturated carbocycles. The molecule has 1 aliphatic rings. The van der Waals surface area contributed by atoms with Crippen molar-refractivity contribution in [2.45, 2.75) is 32.7 Å². The lowest BCUT2D eigenvalue weighted by atomic mass is 10.1. The Balaban J connectivity index is 1.87. The molecule has 1 aliphatic heterocycles. The van der Waals surface area contributed by atoms with Gasteiger partial charge in [-0.25, -0.2) is 4.99 Å². The first kappa shape index (κ1) is 18.4. The largest absolute Gasteiger partial charge is 0.504 e. The highest BCUT2D eigenvalue weighted by Crippen LogP contribution is 2.29. The Morgan fingerprint density at radius 2 is 2.04 bits per heavy atom. The highest BCUT2D eigenvalue weighted by Gasteiger charge is 2.10. The number of nitrogens with zero attached hydrogens (tertiary/aromatic N) is 2. The van der Waals surface area contributed by atoms with Crippen LogP contribution in [-0.2, 0) is 6.54 Å². The van der Waals surface area contributed by atoms with Crippen LogP contribution in [0.5, 0.6) is 11.5 Å². The maximum Gasteiger partial charge on any atom is 0.191 e. The zero-order valence-corrected chi connectivity index (χ0v) is 14.8. The van der Waals surface area contributed by atoms with Gasteiger partial charge in [-0.05, 0) is 38.9 Å². The van der Waals surface area contributed by atoms with E-state index < -0.39 is 0 Å². The van der Waals surface area contributed by atoms with Crippen molar-refractivity contribution in [1.82, 2.24) is 15.5 Å². The van der Waals surface area contributed by atoms with E-state index in [4.69, 9.17) is 4.74 Å². The number of methoxy groups -OCH3 is 1. The van der Waals surface area contributed by atoms with E-state index in [9.17, 15) is 5.11 Å². The van der Waals surface area contributed by atoms with Gasteiger partial charge in [-0.3, -0.25) is 0 Å². The summed E-state index contributed by atoms with van der Waals surface area (Å²) in [5, 5.41) is 16.8. The second-order valence-corrected chi connectivity index (χ2v) is 5.99. The molecule has 0 unspecified atom stereocenters. The van der Waals surface area contributed by atoms with E-state index in [1.54, 1.807) is 13.2 Å². The lowest BCUT2D eigenvalue weighted by molar-refractivity contribution is 0.232. The summed E-state index contributed by atoms with van der Waals surface area (Å²) in [6.07, 6.45) is 3.98. The molecule has 0 atom stereocenters. The van der Waals surface area contributed by atoms with E-state index >= 15 is 0 Å². The molecule has 24 heavy (non-hydrogen) atoms. The number of guanidine groups is 1. The van der Waals surface area contributed by atoms with Crippen LogP contribution < -0.4 is 15.4 Å². The fraction of sp³-hybridized carbons (Fsp3) is 0.611. The molecule has 0 radical (unpaired) electrons. The highest BCUT2D eigenvalue weighted by atomic mass is 16.5. The number of phenolic OH excluding ortho intramolecular Hbond substituents is 1. The van der Waals surface area contributed by atoms with Crippen LogP contribution in [0.15, 0.2) is 23.2 Å². The summed E-state index contributed by atoms with van der Waals surface area (Å²) in [5.74, 6) is 1.41. The summed E-state index contributed by atoms with van der Waals surface area (Å²) in [7, 11) is 1.55. The lowest BCUT2D eigenvalue weighted by Gasteiger charge is -2.26. The van der Waals surface area contributed by atoms with Gasteiger partial charge in [0.25, 0.3) is 0 Å². The summed E-state index contributed by atoms with van der Waals surface area (Å²) in [6, 6.07) is 5.46. The molecule has 134 valence electrons. The lowest BCUT2D eigenvalue weighted by Crippen LogP contribution is -2.42. The van der Waals surface area contributed by atoms with Gasteiger partial charge in [0.15, 0.2) is 17.5 Å². The molecule has 1 aromatic rings. The van der Waals surface area contributed by atoms with E-state index in [1.807, 2.05) is 19.1 Å². The van der Waals surface area contributed by atoms with Gasteiger partial charge in [0.1, 0.15) is 0 Å². The van der Waals surface area contributed by atoms with Crippen LogP contribution in [0.2, 0.25) is 0 Å². The van der Waals surface area contributed by atoms with Crippen LogP contribution in [0.1, 0.15) is 31.7 Å². The zero-order valence-electron chi connectivity index (χ0n) is 14.8. The average molecular weight is 334 g/mol. The van der Waals surface area contributed by atoms with Gasteiger partial charge < -0.3 is 25.4 Å². The summed E-state index contributed by atoms with van der Waals surface area (Å²) < 4.78 is 5.14. The van der Waals surface area contributed by atoms with E-state index in [1.165, 1.54) is 32.4 Å². The third-order valence-electron chi connectivity index (χ3n) is 4.22. The van der Waals surface area contributed by atoms with Crippen LogP contribution in [0.4, 0.5) is 0 Å². The maximum atomic E-state index is 10.1. The Labute approximate surface area is 144 Å². The van der Waals surface area contributed by atoms with Crippen LogP contribution in [0.25, 0.3) is 0 Å². The molecule has 2 rings (SSSR count). The maximum absolute atomic E-state index is 10.1. The predicted octanol–water partition coefficient (Wildman–Crippen LogP) is 1.94. The molecule has 6 nitrogen and oxygen atoms in total. The molecule has 0 aliphatic carbocycles. The third kappa shape index (κ3) is 5.60. The Hall–Kier alpha value is -1.95. The highest BCUT2D eigenvalue weighted by molar-refractivity contribution is 5.79. The quantitative estimate of drug-likeness (QED) is 0.525. The molecule has 1 saturated heterocycles. The molecular formula is C18H30N4O2. The number of nitrogens with one attached hydrogen (secondary N) is 2. The second kappa shape index (κ2) is 10.0. The van der Waals surface area contributed by atoms with Gasteiger partial charge in [0.05, 0.1) is 13.7 Å². The number of aliphatic imine (C=N–C) groups is 1. The number of piperidine rings is 1. The van der Waals surface area contributed by atoms with E-state index in [-0.39, 0.29) is 5.75 Å². The molecule has 1 aromatic carbocycles. The van der Waals surface area contributed by atoms with Crippen molar-refractivity contribution in [3.63, 3.8) is 0 Å². The summed E-state index contributed by atoms with van der Waals surface area (Å²) >= 11 is 0. The van der Waals surface area contributed by atoms with E-state index in [0.717, 1.165) is 31.2 Å². The number of aromatic hydroxyl groups is 1. The Morgan fingerprint density at radius 1 is 1.25 bits per heavy atom. The van der Waals surface area contributed by atoms with Crippen molar-refractivity contribution in [3.05, 3.63) is 23.8 Å². The van der Waals surface area contributed by atoms with Crippen molar-refractivity contribution in [3.8, 4) is 11.5 Å². The molecular weight excluding hydrogens is 304 g/mol. The van der Waals surface area contributed by atoms with Crippen LogP contribution >= 0.6 is 0 Å². The molecule has 0 aromatic heterocycles. The van der Waals surface area contributed by atoms with Crippen molar-refractivity contribution in [2.24, 2.45) is 4.99 Å². The fourth-order valence-corrected chi connectivity index (χ4v) is 2.88. The van der Waals surface area contributed by atoms with Crippen molar-refractivity contribution in [2.75, 3.05) is 39.8 Å². The number of rotatable bonds is 7. The fourth-order valence-electron chi connectivity index (χ4n) is 2.88. The molecule has 3 N–H and O–H groups in total. The SMILES string of the molecule is CCNC(=NCc1cccc(OC)c1O)NCCN1CCCCC1. The monoisotopic (exact) mass is 334 g/mol. The number of phenols is 1. The van der Waals surface area contributed by atoms with E-state index in [2.05, 4.69) is 20.5 Å². The van der Waals surface area contributed by atoms with E-state index in [0.29, 0.717) is 12.3 Å².